The van der Waals surface area contributed by atoms with Gasteiger partial charge in [-0.1, -0.05) is 0 Å². The average Bonchev–Trinajstić information content (AvgIpc) is 2.01. The monoisotopic (exact) mass is 168 g/mol. The Kier molecular flexibility index (Phi) is 2.69. The van der Waals surface area contributed by atoms with E-state index in [0.29, 0.717) is 17.9 Å². The number of ether oxygens (including phenoxy) is 1. The van der Waals surface area contributed by atoms with Crippen LogP contribution in [0.1, 0.15) is 18.1 Å². The third kappa shape index (κ3) is 1.76. The van der Waals surface area contributed by atoms with Gasteiger partial charge >= 0.3 is 0 Å². The summed E-state index contributed by atoms with van der Waals surface area (Å²) in [6, 6.07) is 3.23. The first-order chi connectivity index (χ1) is 5.65. The van der Waals surface area contributed by atoms with Crippen LogP contribution in [0.4, 0.5) is 4.39 Å². The summed E-state index contributed by atoms with van der Waals surface area (Å²) in [5, 5.41) is 0. The summed E-state index contributed by atoms with van der Waals surface area (Å²) >= 11 is 0. The first-order valence-electron chi connectivity index (χ1n) is 4.04. The minimum absolute atomic E-state index is 0.205. The molecule has 0 heterocycles. The standard InChI is InChI=1S/C10H13FO/c1-4-12-10-6-9(11)7(2)5-8(10)3/h5-6H,4H2,1-3H3. The van der Waals surface area contributed by atoms with Crippen molar-refractivity contribution >= 4 is 0 Å². The van der Waals surface area contributed by atoms with Crippen molar-refractivity contribution in [3.05, 3.63) is 29.1 Å². The average molecular weight is 168 g/mol. The van der Waals surface area contributed by atoms with Crippen molar-refractivity contribution < 1.29 is 9.13 Å². The third-order valence-electron chi connectivity index (χ3n) is 1.76. The topological polar surface area (TPSA) is 9.23 Å². The molecule has 2 heteroatoms. The fourth-order valence-electron chi connectivity index (χ4n) is 1.12. The quantitative estimate of drug-likeness (QED) is 0.659. The number of aryl methyl sites for hydroxylation is 2. The fourth-order valence-corrected chi connectivity index (χ4v) is 1.12. The summed E-state index contributed by atoms with van der Waals surface area (Å²) in [7, 11) is 0. The molecule has 0 aliphatic rings. The summed E-state index contributed by atoms with van der Waals surface area (Å²) in [5.41, 5.74) is 1.65. The van der Waals surface area contributed by atoms with Gasteiger partial charge in [0.05, 0.1) is 6.61 Å². The molecule has 12 heavy (non-hydrogen) atoms. The molecule has 0 fully saturated rings. The molecule has 1 nitrogen and oxygen atoms in total. The van der Waals surface area contributed by atoms with Gasteiger partial charge in [0.2, 0.25) is 0 Å². The second-order valence-electron chi connectivity index (χ2n) is 2.80. The molecule has 0 amide bonds. The van der Waals surface area contributed by atoms with Gasteiger partial charge in [0, 0.05) is 6.07 Å². The van der Waals surface area contributed by atoms with Gasteiger partial charge in [-0.25, -0.2) is 4.39 Å². The number of hydrogen-bond donors (Lipinski definition) is 0. The van der Waals surface area contributed by atoms with E-state index in [1.165, 1.54) is 6.07 Å². The van der Waals surface area contributed by atoms with Crippen LogP contribution >= 0.6 is 0 Å². The molecule has 0 atom stereocenters. The highest BCUT2D eigenvalue weighted by molar-refractivity contribution is 5.36. The molecule has 0 N–H and O–H groups in total. The Labute approximate surface area is 72.2 Å². The fraction of sp³-hybridized carbons (Fsp3) is 0.400. The van der Waals surface area contributed by atoms with Crippen LogP contribution in [0.15, 0.2) is 12.1 Å². The zero-order valence-electron chi connectivity index (χ0n) is 7.65. The lowest BCUT2D eigenvalue weighted by molar-refractivity contribution is 0.335. The van der Waals surface area contributed by atoms with E-state index in [0.717, 1.165) is 5.56 Å². The van der Waals surface area contributed by atoms with Gasteiger partial charge in [-0.3, -0.25) is 0 Å². The van der Waals surface area contributed by atoms with E-state index in [9.17, 15) is 4.39 Å². The van der Waals surface area contributed by atoms with E-state index < -0.39 is 0 Å². The van der Waals surface area contributed by atoms with Crippen molar-refractivity contribution in [1.82, 2.24) is 0 Å². The van der Waals surface area contributed by atoms with Gasteiger partial charge in [-0.2, -0.15) is 0 Å². The summed E-state index contributed by atoms with van der Waals surface area (Å²) < 4.78 is 18.2. The Morgan fingerprint density at radius 2 is 1.92 bits per heavy atom. The molecule has 1 aromatic carbocycles. The summed E-state index contributed by atoms with van der Waals surface area (Å²) in [4.78, 5) is 0. The maximum atomic E-state index is 13.0. The first-order valence-corrected chi connectivity index (χ1v) is 4.04. The minimum atomic E-state index is -0.205. The first kappa shape index (κ1) is 9.04. The summed E-state index contributed by atoms with van der Waals surface area (Å²) in [6.45, 7) is 6.12. The predicted octanol–water partition coefficient (Wildman–Crippen LogP) is 2.84. The van der Waals surface area contributed by atoms with Crippen LogP contribution in [0.2, 0.25) is 0 Å². The lowest BCUT2D eigenvalue weighted by Gasteiger charge is -2.07. The predicted molar refractivity (Wildman–Crippen MR) is 47.0 cm³/mol. The minimum Gasteiger partial charge on any atom is -0.494 e. The molecular formula is C10H13FO. The molecule has 0 aliphatic heterocycles. The Bertz CT molecular complexity index is 281. The Morgan fingerprint density at radius 1 is 1.25 bits per heavy atom. The highest BCUT2D eigenvalue weighted by Crippen LogP contribution is 2.21. The van der Waals surface area contributed by atoms with E-state index in [1.54, 1.807) is 13.0 Å². The molecule has 1 rings (SSSR count). The van der Waals surface area contributed by atoms with Gasteiger partial charge < -0.3 is 4.74 Å². The maximum absolute atomic E-state index is 13.0. The van der Waals surface area contributed by atoms with Crippen molar-refractivity contribution in [2.45, 2.75) is 20.8 Å². The van der Waals surface area contributed by atoms with Crippen molar-refractivity contribution in [3.63, 3.8) is 0 Å². The maximum Gasteiger partial charge on any atom is 0.129 e. The van der Waals surface area contributed by atoms with E-state index in [4.69, 9.17) is 4.74 Å². The number of hydrogen-bond acceptors (Lipinski definition) is 1. The van der Waals surface area contributed by atoms with Crippen LogP contribution in [0.25, 0.3) is 0 Å². The SMILES string of the molecule is CCOc1cc(F)c(C)cc1C. The van der Waals surface area contributed by atoms with Crippen LogP contribution in [-0.4, -0.2) is 6.61 Å². The van der Waals surface area contributed by atoms with E-state index in [2.05, 4.69) is 0 Å². The highest BCUT2D eigenvalue weighted by Gasteiger charge is 2.03. The normalized spacial score (nSPS) is 10.0. The smallest absolute Gasteiger partial charge is 0.129 e. The number of benzene rings is 1. The van der Waals surface area contributed by atoms with Crippen molar-refractivity contribution in [1.29, 1.82) is 0 Å². The van der Waals surface area contributed by atoms with Crippen LogP contribution in [0, 0.1) is 19.7 Å². The molecule has 1 aromatic rings. The van der Waals surface area contributed by atoms with Crippen molar-refractivity contribution in [3.8, 4) is 5.75 Å². The van der Waals surface area contributed by atoms with Crippen LogP contribution in [0.3, 0.4) is 0 Å². The number of rotatable bonds is 2. The zero-order chi connectivity index (χ0) is 9.14. The second-order valence-corrected chi connectivity index (χ2v) is 2.80. The van der Waals surface area contributed by atoms with Gasteiger partial charge in [0.15, 0.2) is 0 Å². The largest absolute Gasteiger partial charge is 0.494 e. The van der Waals surface area contributed by atoms with E-state index >= 15 is 0 Å². The molecule has 0 aliphatic carbocycles. The Morgan fingerprint density at radius 3 is 2.50 bits per heavy atom. The summed E-state index contributed by atoms with van der Waals surface area (Å²) in [6.07, 6.45) is 0. The molecule has 0 bridgehead atoms. The van der Waals surface area contributed by atoms with Gasteiger partial charge in [-0.15, -0.1) is 0 Å². The second kappa shape index (κ2) is 3.57. The third-order valence-corrected chi connectivity index (χ3v) is 1.76. The van der Waals surface area contributed by atoms with Crippen LogP contribution < -0.4 is 4.74 Å². The van der Waals surface area contributed by atoms with Gasteiger partial charge in [0.1, 0.15) is 11.6 Å². The van der Waals surface area contributed by atoms with E-state index in [-0.39, 0.29) is 5.82 Å². The molecule has 0 aromatic heterocycles. The van der Waals surface area contributed by atoms with Crippen molar-refractivity contribution in [2.75, 3.05) is 6.61 Å². The van der Waals surface area contributed by atoms with E-state index in [1.807, 2.05) is 13.8 Å². The summed E-state index contributed by atoms with van der Waals surface area (Å²) in [5.74, 6) is 0.435. The zero-order valence-corrected chi connectivity index (χ0v) is 7.65. The molecule has 0 radical (unpaired) electrons. The lowest BCUT2D eigenvalue weighted by Crippen LogP contribution is -1.95. The molecule has 0 spiro atoms. The number of halogens is 1. The molecular weight excluding hydrogens is 155 g/mol. The van der Waals surface area contributed by atoms with Crippen LogP contribution in [-0.2, 0) is 0 Å². The van der Waals surface area contributed by atoms with Crippen LogP contribution in [0.5, 0.6) is 5.75 Å². The molecule has 0 unspecified atom stereocenters. The molecule has 0 saturated heterocycles. The molecule has 0 saturated carbocycles. The highest BCUT2D eigenvalue weighted by atomic mass is 19.1. The molecule has 66 valence electrons. The van der Waals surface area contributed by atoms with Crippen molar-refractivity contribution in [2.24, 2.45) is 0 Å². The lowest BCUT2D eigenvalue weighted by atomic mass is 10.1. The van der Waals surface area contributed by atoms with Gasteiger partial charge in [-0.05, 0) is 38.0 Å². The Hall–Kier alpha value is -1.05. The Balaban J connectivity index is 3.05. The van der Waals surface area contributed by atoms with Gasteiger partial charge in [0.25, 0.3) is 0 Å².